The monoisotopic (exact) mass is 491 g/mol. The maximum atomic E-state index is 11.7. The van der Waals surface area contributed by atoms with Crippen LogP contribution in [0.2, 0.25) is 25.7 Å². The van der Waals surface area contributed by atoms with Crippen molar-refractivity contribution in [3.05, 3.63) is 66.4 Å². The number of fused-ring (bicyclic) bond motifs is 1. The number of carboxylic acids is 1. The van der Waals surface area contributed by atoms with Crippen LogP contribution < -0.4 is 0 Å². The van der Waals surface area contributed by atoms with E-state index in [4.69, 9.17) is 4.74 Å². The van der Waals surface area contributed by atoms with E-state index in [1.165, 1.54) is 0 Å². The Kier molecular flexibility index (Phi) is 7.47. The van der Waals surface area contributed by atoms with E-state index in [9.17, 15) is 9.90 Å². The Bertz CT molecular complexity index is 1310. The van der Waals surface area contributed by atoms with E-state index in [-0.39, 0.29) is 6.42 Å². The van der Waals surface area contributed by atoms with Gasteiger partial charge >= 0.3 is 5.97 Å². The fourth-order valence-corrected chi connectivity index (χ4v) is 4.96. The van der Waals surface area contributed by atoms with Crippen LogP contribution in [-0.4, -0.2) is 50.1 Å². The van der Waals surface area contributed by atoms with Crippen molar-refractivity contribution in [1.29, 1.82) is 0 Å². The molecular formula is C26H33N5O3Si. The Morgan fingerprint density at radius 2 is 1.97 bits per heavy atom. The largest absolute Gasteiger partial charge is 0.481 e. The van der Waals surface area contributed by atoms with E-state index in [1.54, 1.807) is 17.2 Å². The van der Waals surface area contributed by atoms with Gasteiger partial charge in [0.1, 0.15) is 18.7 Å². The average molecular weight is 492 g/mol. The second-order valence-electron chi connectivity index (χ2n) is 9.97. The van der Waals surface area contributed by atoms with Gasteiger partial charge in [0.25, 0.3) is 0 Å². The highest BCUT2D eigenvalue weighted by atomic mass is 28.3. The summed E-state index contributed by atoms with van der Waals surface area (Å²) in [5, 5.41) is 15.1. The van der Waals surface area contributed by atoms with E-state index in [0.717, 1.165) is 52.5 Å². The second kappa shape index (κ2) is 10.5. The molecule has 1 atom stereocenters. The predicted molar refractivity (Wildman–Crippen MR) is 139 cm³/mol. The lowest BCUT2D eigenvalue weighted by Gasteiger charge is -2.19. The molecule has 0 aliphatic carbocycles. The average Bonchev–Trinajstić information content (AvgIpc) is 3.47. The van der Waals surface area contributed by atoms with E-state index < -0.39 is 20.1 Å². The number of carbonyl (C=O) groups is 1. The molecule has 35 heavy (non-hydrogen) atoms. The molecule has 4 rings (SSSR count). The lowest BCUT2D eigenvalue weighted by molar-refractivity contribution is -0.137. The maximum absolute atomic E-state index is 11.7. The number of aryl methyl sites for hydroxylation is 1. The van der Waals surface area contributed by atoms with Gasteiger partial charge < -0.3 is 14.4 Å². The molecule has 1 aromatic carbocycles. The molecule has 0 radical (unpaired) electrons. The molecule has 0 amide bonds. The van der Waals surface area contributed by atoms with Gasteiger partial charge in [0.2, 0.25) is 0 Å². The van der Waals surface area contributed by atoms with E-state index in [1.807, 2.05) is 47.3 Å². The summed E-state index contributed by atoms with van der Waals surface area (Å²) in [7, 11) is -1.14. The molecule has 0 aliphatic heterocycles. The minimum absolute atomic E-state index is 0.0531. The van der Waals surface area contributed by atoms with Gasteiger partial charge in [-0.25, -0.2) is 9.97 Å². The lowest BCUT2D eigenvalue weighted by atomic mass is 9.96. The molecule has 0 bridgehead atoms. The molecule has 4 aromatic rings. The smallest absolute Gasteiger partial charge is 0.305 e. The Morgan fingerprint density at radius 3 is 2.71 bits per heavy atom. The van der Waals surface area contributed by atoms with Gasteiger partial charge in [-0.2, -0.15) is 5.10 Å². The molecule has 1 N–H and O–H groups in total. The van der Waals surface area contributed by atoms with Crippen LogP contribution in [-0.2, 0) is 22.7 Å². The number of ether oxygens (including phenoxy) is 1. The third-order valence-corrected chi connectivity index (χ3v) is 7.84. The molecule has 0 saturated heterocycles. The standard InChI is InChI=1S/C26H33N5O3Si/c1-5-19-8-6-7-9-21(19)23(14-24(32)33)31-16-20(15-29-31)25-22-10-11-30(26(22)28-17-27-25)18-34-12-13-35(2,3)4/h6-11,15-17,23H,5,12-14,18H2,1-4H3,(H,32,33). The molecule has 1 unspecified atom stereocenters. The molecule has 0 spiro atoms. The summed E-state index contributed by atoms with van der Waals surface area (Å²) in [6, 6.07) is 10.6. The number of hydrogen-bond acceptors (Lipinski definition) is 5. The highest BCUT2D eigenvalue weighted by Gasteiger charge is 2.22. The van der Waals surface area contributed by atoms with Crippen molar-refractivity contribution in [2.24, 2.45) is 0 Å². The van der Waals surface area contributed by atoms with Crippen molar-refractivity contribution in [3.8, 4) is 11.3 Å². The summed E-state index contributed by atoms with van der Waals surface area (Å²) >= 11 is 0. The fraction of sp³-hybridized carbons (Fsp3) is 0.385. The summed E-state index contributed by atoms with van der Waals surface area (Å²) in [5.41, 5.74) is 4.47. The Morgan fingerprint density at radius 1 is 1.17 bits per heavy atom. The highest BCUT2D eigenvalue weighted by molar-refractivity contribution is 6.76. The number of rotatable bonds is 11. The van der Waals surface area contributed by atoms with E-state index >= 15 is 0 Å². The minimum Gasteiger partial charge on any atom is -0.481 e. The van der Waals surface area contributed by atoms with Gasteiger partial charge in [-0.1, -0.05) is 50.8 Å². The lowest BCUT2D eigenvalue weighted by Crippen LogP contribution is -2.22. The van der Waals surface area contributed by atoms with E-state index in [0.29, 0.717) is 6.73 Å². The molecule has 0 saturated carbocycles. The molecule has 8 nitrogen and oxygen atoms in total. The number of carboxylic acid groups (broad SMARTS) is 1. The van der Waals surface area contributed by atoms with Crippen molar-refractivity contribution >= 4 is 25.1 Å². The van der Waals surface area contributed by atoms with Crippen LogP contribution in [0.25, 0.3) is 22.3 Å². The number of benzene rings is 1. The maximum Gasteiger partial charge on any atom is 0.305 e. The zero-order chi connectivity index (χ0) is 25.0. The third kappa shape index (κ3) is 5.86. The third-order valence-electron chi connectivity index (χ3n) is 6.14. The first kappa shape index (κ1) is 24.8. The zero-order valence-electron chi connectivity index (χ0n) is 20.8. The SMILES string of the molecule is CCc1ccccc1C(CC(=O)O)n1cc(-c2ncnc3c2ccn3COCC[Si](C)(C)C)cn1. The summed E-state index contributed by atoms with van der Waals surface area (Å²) in [5.74, 6) is -0.867. The summed E-state index contributed by atoms with van der Waals surface area (Å²) < 4.78 is 9.64. The number of aromatic nitrogens is 5. The fourth-order valence-electron chi connectivity index (χ4n) is 4.20. The van der Waals surface area contributed by atoms with Crippen molar-refractivity contribution < 1.29 is 14.6 Å². The molecule has 0 fully saturated rings. The van der Waals surface area contributed by atoms with Crippen LogP contribution >= 0.6 is 0 Å². The number of hydrogen-bond donors (Lipinski definition) is 1. The molecule has 0 aliphatic rings. The van der Waals surface area contributed by atoms with Crippen molar-refractivity contribution in [1.82, 2.24) is 24.3 Å². The van der Waals surface area contributed by atoms with Crippen LogP contribution in [0.4, 0.5) is 0 Å². The second-order valence-corrected chi connectivity index (χ2v) is 15.6. The van der Waals surface area contributed by atoms with Gasteiger partial charge in [0.15, 0.2) is 0 Å². The Balaban J connectivity index is 1.62. The Hall–Kier alpha value is -3.30. The molecule has 9 heteroatoms. The van der Waals surface area contributed by atoms with Crippen LogP contribution in [0.15, 0.2) is 55.2 Å². The van der Waals surface area contributed by atoms with E-state index in [2.05, 4.69) is 41.6 Å². The quantitative estimate of drug-likeness (QED) is 0.228. The van der Waals surface area contributed by atoms with Gasteiger partial charge in [0.05, 0.1) is 24.4 Å². The summed E-state index contributed by atoms with van der Waals surface area (Å²) in [6.45, 7) is 10.3. The number of aliphatic carboxylic acids is 1. The van der Waals surface area contributed by atoms with Crippen molar-refractivity contribution in [2.75, 3.05) is 6.61 Å². The normalized spacial score (nSPS) is 12.8. The number of nitrogens with zero attached hydrogens (tertiary/aromatic N) is 5. The molecule has 3 heterocycles. The molecular weight excluding hydrogens is 458 g/mol. The zero-order valence-corrected chi connectivity index (χ0v) is 21.8. The predicted octanol–water partition coefficient (Wildman–Crippen LogP) is 5.23. The first-order valence-corrected chi connectivity index (χ1v) is 15.7. The topological polar surface area (TPSA) is 95.1 Å². The Labute approximate surface area is 206 Å². The summed E-state index contributed by atoms with van der Waals surface area (Å²) in [6.07, 6.45) is 7.90. The van der Waals surface area contributed by atoms with Crippen LogP contribution in [0.3, 0.4) is 0 Å². The molecule has 3 aromatic heterocycles. The van der Waals surface area contributed by atoms with Crippen molar-refractivity contribution in [3.63, 3.8) is 0 Å². The first-order chi connectivity index (χ1) is 16.8. The first-order valence-electron chi connectivity index (χ1n) is 12.0. The van der Waals surface area contributed by atoms with Crippen LogP contribution in [0.1, 0.15) is 30.5 Å². The van der Waals surface area contributed by atoms with Crippen molar-refractivity contribution in [2.45, 2.75) is 58.2 Å². The molecule has 184 valence electrons. The van der Waals surface area contributed by atoms with Gasteiger partial charge in [-0.15, -0.1) is 0 Å². The van der Waals surface area contributed by atoms with Gasteiger partial charge in [-0.05, 0) is 29.7 Å². The highest BCUT2D eigenvalue weighted by Crippen LogP contribution is 2.30. The minimum atomic E-state index is -1.14. The van der Waals surface area contributed by atoms with Gasteiger partial charge in [-0.3, -0.25) is 9.48 Å². The van der Waals surface area contributed by atoms with Crippen LogP contribution in [0, 0.1) is 0 Å². The van der Waals surface area contributed by atoms with Crippen LogP contribution in [0.5, 0.6) is 0 Å². The summed E-state index contributed by atoms with van der Waals surface area (Å²) in [4.78, 5) is 20.7. The van der Waals surface area contributed by atoms with Gasteiger partial charge in [0, 0.05) is 38.0 Å².